The Morgan fingerprint density at radius 2 is 1.88 bits per heavy atom. The van der Waals surface area contributed by atoms with E-state index in [0.717, 1.165) is 25.9 Å². The summed E-state index contributed by atoms with van der Waals surface area (Å²) in [6, 6.07) is 6.37. The standard InChI is InChI=1S/C17H27N3O3S/c1-17(2,3)19-24(22,23)15-9-7-13(8-10-15)16(21)20-11-5-6-14(20)12-18-4/h7-10,14,18-19H,5-6,11-12H2,1-4H3. The lowest BCUT2D eigenvalue weighted by Crippen LogP contribution is -2.41. The zero-order valence-corrected chi connectivity index (χ0v) is 15.6. The van der Waals surface area contributed by atoms with E-state index in [1.807, 2.05) is 11.9 Å². The Kier molecular flexibility index (Phi) is 5.67. The molecule has 2 rings (SSSR count). The fourth-order valence-electron chi connectivity index (χ4n) is 2.96. The summed E-state index contributed by atoms with van der Waals surface area (Å²) in [5.74, 6) is -0.0412. The second kappa shape index (κ2) is 7.21. The van der Waals surface area contributed by atoms with Gasteiger partial charge in [0.05, 0.1) is 4.90 Å². The molecule has 1 aromatic carbocycles. The number of carbonyl (C=O) groups excluding carboxylic acids is 1. The van der Waals surface area contributed by atoms with E-state index in [0.29, 0.717) is 5.56 Å². The van der Waals surface area contributed by atoms with E-state index < -0.39 is 15.6 Å². The Bertz CT molecular complexity index is 678. The molecule has 1 saturated heterocycles. The van der Waals surface area contributed by atoms with Crippen LogP contribution in [0.5, 0.6) is 0 Å². The zero-order valence-electron chi connectivity index (χ0n) is 14.8. The Labute approximate surface area is 144 Å². The maximum absolute atomic E-state index is 12.7. The normalized spacial score (nSPS) is 18.8. The molecule has 134 valence electrons. The van der Waals surface area contributed by atoms with E-state index in [4.69, 9.17) is 0 Å². The van der Waals surface area contributed by atoms with Crippen LogP contribution in [0.15, 0.2) is 29.2 Å². The van der Waals surface area contributed by atoms with Gasteiger partial charge in [0.1, 0.15) is 0 Å². The molecular weight excluding hydrogens is 326 g/mol. The van der Waals surface area contributed by atoms with Gasteiger partial charge >= 0.3 is 0 Å². The summed E-state index contributed by atoms with van der Waals surface area (Å²) in [5, 5.41) is 3.12. The molecule has 1 heterocycles. The minimum absolute atomic E-state index is 0.0412. The molecule has 0 aliphatic carbocycles. The quantitative estimate of drug-likeness (QED) is 0.843. The first-order valence-corrected chi connectivity index (χ1v) is 9.72. The van der Waals surface area contributed by atoms with Gasteiger partial charge in [0.25, 0.3) is 5.91 Å². The summed E-state index contributed by atoms with van der Waals surface area (Å²) >= 11 is 0. The Morgan fingerprint density at radius 3 is 2.42 bits per heavy atom. The van der Waals surface area contributed by atoms with E-state index in [-0.39, 0.29) is 16.8 Å². The van der Waals surface area contributed by atoms with Crippen molar-refractivity contribution >= 4 is 15.9 Å². The van der Waals surface area contributed by atoms with Gasteiger partial charge in [-0.05, 0) is 64.9 Å². The zero-order chi connectivity index (χ0) is 18.0. The highest BCUT2D eigenvalue weighted by molar-refractivity contribution is 7.89. The monoisotopic (exact) mass is 353 g/mol. The highest BCUT2D eigenvalue weighted by Gasteiger charge is 2.29. The van der Waals surface area contributed by atoms with Crippen molar-refractivity contribution in [3.8, 4) is 0 Å². The SMILES string of the molecule is CNCC1CCCN1C(=O)c1ccc(S(=O)(=O)NC(C)(C)C)cc1. The minimum Gasteiger partial charge on any atom is -0.334 e. The second-order valence-electron chi connectivity index (χ2n) is 7.23. The summed E-state index contributed by atoms with van der Waals surface area (Å²) in [5.41, 5.74) is -0.0313. The number of sulfonamides is 1. The highest BCUT2D eigenvalue weighted by atomic mass is 32.2. The molecule has 24 heavy (non-hydrogen) atoms. The molecule has 1 aromatic rings. The summed E-state index contributed by atoms with van der Waals surface area (Å²) < 4.78 is 27.2. The number of nitrogens with one attached hydrogen (secondary N) is 2. The van der Waals surface area contributed by atoms with Crippen molar-refractivity contribution in [3.05, 3.63) is 29.8 Å². The third-order valence-corrected chi connectivity index (χ3v) is 5.70. The first-order chi connectivity index (χ1) is 11.1. The average Bonchev–Trinajstić information content (AvgIpc) is 2.93. The van der Waals surface area contributed by atoms with Gasteiger partial charge in [-0.1, -0.05) is 0 Å². The van der Waals surface area contributed by atoms with Crippen molar-refractivity contribution in [3.63, 3.8) is 0 Å². The van der Waals surface area contributed by atoms with Gasteiger partial charge in [-0.2, -0.15) is 0 Å². The highest BCUT2D eigenvalue weighted by Crippen LogP contribution is 2.21. The lowest BCUT2D eigenvalue weighted by atomic mass is 10.1. The van der Waals surface area contributed by atoms with Crippen LogP contribution in [0.2, 0.25) is 0 Å². The number of carbonyl (C=O) groups is 1. The minimum atomic E-state index is -3.58. The first kappa shape index (κ1) is 18.9. The second-order valence-corrected chi connectivity index (χ2v) is 8.91. The van der Waals surface area contributed by atoms with Gasteiger partial charge in [0.15, 0.2) is 0 Å². The van der Waals surface area contributed by atoms with Gasteiger partial charge in [0.2, 0.25) is 10.0 Å². The van der Waals surface area contributed by atoms with Crippen molar-refractivity contribution < 1.29 is 13.2 Å². The van der Waals surface area contributed by atoms with Crippen LogP contribution in [-0.4, -0.2) is 50.9 Å². The lowest BCUT2D eigenvalue weighted by Gasteiger charge is -2.25. The van der Waals surface area contributed by atoms with E-state index in [2.05, 4.69) is 10.0 Å². The molecule has 1 atom stereocenters. The maximum Gasteiger partial charge on any atom is 0.254 e. The largest absolute Gasteiger partial charge is 0.334 e. The van der Waals surface area contributed by atoms with E-state index >= 15 is 0 Å². The van der Waals surface area contributed by atoms with Crippen molar-refractivity contribution in [2.45, 2.75) is 50.1 Å². The first-order valence-electron chi connectivity index (χ1n) is 8.24. The van der Waals surface area contributed by atoms with Crippen molar-refractivity contribution in [1.82, 2.24) is 14.9 Å². The van der Waals surface area contributed by atoms with Gasteiger partial charge in [-0.3, -0.25) is 4.79 Å². The maximum atomic E-state index is 12.7. The summed E-state index contributed by atoms with van der Waals surface area (Å²) in [6.45, 7) is 6.89. The Balaban J connectivity index is 2.16. The molecule has 1 amide bonds. The van der Waals surface area contributed by atoms with Gasteiger partial charge in [-0.25, -0.2) is 13.1 Å². The molecule has 1 fully saturated rings. The molecule has 6 nitrogen and oxygen atoms in total. The molecule has 1 aliphatic heterocycles. The number of amides is 1. The molecule has 1 unspecified atom stereocenters. The van der Waals surface area contributed by atoms with Crippen LogP contribution in [0.3, 0.4) is 0 Å². The molecule has 7 heteroatoms. The van der Waals surface area contributed by atoms with Gasteiger partial charge in [0, 0.05) is 30.2 Å². The topological polar surface area (TPSA) is 78.5 Å². The fraction of sp³-hybridized carbons (Fsp3) is 0.588. The molecule has 0 radical (unpaired) electrons. The predicted octanol–water partition coefficient (Wildman–Crippen LogP) is 1.59. The van der Waals surface area contributed by atoms with Crippen LogP contribution in [0.25, 0.3) is 0 Å². The third kappa shape index (κ3) is 4.55. The van der Waals surface area contributed by atoms with Crippen LogP contribution in [0, 0.1) is 0 Å². The number of nitrogens with zero attached hydrogens (tertiary/aromatic N) is 1. The van der Waals surface area contributed by atoms with Crippen LogP contribution >= 0.6 is 0 Å². The van der Waals surface area contributed by atoms with E-state index in [9.17, 15) is 13.2 Å². The van der Waals surface area contributed by atoms with Crippen molar-refractivity contribution in [1.29, 1.82) is 0 Å². The van der Waals surface area contributed by atoms with E-state index in [1.165, 1.54) is 12.1 Å². The number of hydrogen-bond acceptors (Lipinski definition) is 4. The molecule has 0 bridgehead atoms. The number of rotatable bonds is 5. The summed E-state index contributed by atoms with van der Waals surface area (Å²) in [4.78, 5) is 14.7. The third-order valence-electron chi connectivity index (χ3n) is 3.93. The summed E-state index contributed by atoms with van der Waals surface area (Å²) in [6.07, 6.45) is 1.99. The number of benzene rings is 1. The molecule has 0 spiro atoms. The fourth-order valence-corrected chi connectivity index (χ4v) is 4.37. The van der Waals surface area contributed by atoms with Gasteiger partial charge < -0.3 is 10.2 Å². The number of hydrogen-bond donors (Lipinski definition) is 2. The number of likely N-dealkylation sites (N-methyl/N-ethyl adjacent to an activating group) is 1. The molecule has 1 aliphatic rings. The van der Waals surface area contributed by atoms with Crippen LogP contribution in [0.4, 0.5) is 0 Å². The molecule has 0 saturated carbocycles. The predicted molar refractivity (Wildman–Crippen MR) is 94.5 cm³/mol. The average molecular weight is 353 g/mol. The van der Waals surface area contributed by atoms with Gasteiger partial charge in [-0.15, -0.1) is 0 Å². The molecule has 0 aromatic heterocycles. The summed E-state index contributed by atoms with van der Waals surface area (Å²) in [7, 11) is -1.71. The Morgan fingerprint density at radius 1 is 1.25 bits per heavy atom. The Hall–Kier alpha value is -1.44. The van der Waals surface area contributed by atoms with Crippen LogP contribution in [0.1, 0.15) is 44.0 Å². The lowest BCUT2D eigenvalue weighted by molar-refractivity contribution is 0.0737. The van der Waals surface area contributed by atoms with Crippen LogP contribution < -0.4 is 10.0 Å². The van der Waals surface area contributed by atoms with E-state index in [1.54, 1.807) is 32.9 Å². The molecular formula is C17H27N3O3S. The molecule has 2 N–H and O–H groups in total. The van der Waals surface area contributed by atoms with Crippen molar-refractivity contribution in [2.75, 3.05) is 20.1 Å². The smallest absolute Gasteiger partial charge is 0.254 e. The van der Waals surface area contributed by atoms with Crippen molar-refractivity contribution in [2.24, 2.45) is 0 Å². The van der Waals surface area contributed by atoms with Crippen LogP contribution in [-0.2, 0) is 10.0 Å². The number of likely N-dealkylation sites (tertiary alicyclic amines) is 1.